The minimum atomic E-state index is 0. The second-order valence-electron chi connectivity index (χ2n) is 9.04. The first-order valence-electron chi connectivity index (χ1n) is 11.9. The number of quaternary nitrogens is 1. The van der Waals surface area contributed by atoms with Crippen molar-refractivity contribution in [3.05, 3.63) is 0 Å². The Morgan fingerprint density at radius 3 is 0.923 bits per heavy atom. The summed E-state index contributed by atoms with van der Waals surface area (Å²) >= 11 is 0. The molecule has 0 N–H and O–H groups in total. The molecular formula is C24H55BN+. The van der Waals surface area contributed by atoms with Gasteiger partial charge in [0.25, 0.3) is 0 Å². The Morgan fingerprint density at radius 2 is 0.615 bits per heavy atom. The lowest BCUT2D eigenvalue weighted by Crippen LogP contribution is -2.41. The summed E-state index contributed by atoms with van der Waals surface area (Å²) in [4.78, 5) is 0. The van der Waals surface area contributed by atoms with Crippen molar-refractivity contribution in [2.75, 3.05) is 27.2 Å². The maximum Gasteiger partial charge on any atom is 0.0814 e. The number of hydrogen-bond acceptors (Lipinski definition) is 0. The Hall–Kier alpha value is 0.0249. The fourth-order valence-corrected chi connectivity index (χ4v) is 3.81. The first kappa shape index (κ1) is 28.2. The molecule has 0 bridgehead atoms. The van der Waals surface area contributed by atoms with E-state index in [-0.39, 0.29) is 8.41 Å². The van der Waals surface area contributed by atoms with Crippen LogP contribution in [0.25, 0.3) is 0 Å². The van der Waals surface area contributed by atoms with E-state index >= 15 is 0 Å². The highest BCUT2D eigenvalue weighted by Gasteiger charge is 2.13. The maximum absolute atomic E-state index is 2.42. The van der Waals surface area contributed by atoms with E-state index in [9.17, 15) is 0 Å². The van der Waals surface area contributed by atoms with Gasteiger partial charge in [0.1, 0.15) is 0 Å². The van der Waals surface area contributed by atoms with Gasteiger partial charge in [0.05, 0.1) is 35.6 Å². The molecule has 0 aliphatic heterocycles. The van der Waals surface area contributed by atoms with Crippen molar-refractivity contribution in [1.82, 2.24) is 0 Å². The molecule has 0 aliphatic rings. The summed E-state index contributed by atoms with van der Waals surface area (Å²) in [7, 11) is 4.85. The van der Waals surface area contributed by atoms with Crippen LogP contribution in [0.2, 0.25) is 0 Å². The van der Waals surface area contributed by atoms with Crippen LogP contribution in [0.4, 0.5) is 0 Å². The van der Waals surface area contributed by atoms with Gasteiger partial charge in [0.15, 0.2) is 0 Å². The van der Waals surface area contributed by atoms with Gasteiger partial charge in [-0.25, -0.2) is 0 Å². The molecule has 26 heavy (non-hydrogen) atoms. The summed E-state index contributed by atoms with van der Waals surface area (Å²) in [6, 6.07) is 0. The third kappa shape index (κ3) is 22.1. The molecule has 1 nitrogen and oxygen atoms in total. The Labute approximate surface area is 169 Å². The summed E-state index contributed by atoms with van der Waals surface area (Å²) in [6.07, 6.45) is 26.1. The standard InChI is InChI=1S/C24H52N.BH3/c1-5-7-9-11-12-13-14-15-16-17-18-19-20-22-24-25(3,4)23-21-10-8-6-2;/h5-24H2,1-4H3;1H3/q+1;. The molecule has 0 aromatic heterocycles. The highest BCUT2D eigenvalue weighted by atomic mass is 15.3. The Kier molecular flexibility index (Phi) is 23.2. The fraction of sp³-hybridized carbons (Fsp3) is 1.00. The normalized spacial score (nSPS) is 11.5. The third-order valence-corrected chi connectivity index (χ3v) is 5.73. The quantitative estimate of drug-likeness (QED) is 0.124. The summed E-state index contributed by atoms with van der Waals surface area (Å²) in [5.41, 5.74) is 0. The first-order chi connectivity index (χ1) is 12.1. The van der Waals surface area contributed by atoms with E-state index < -0.39 is 0 Å². The molecule has 0 atom stereocenters. The van der Waals surface area contributed by atoms with Crippen molar-refractivity contribution in [1.29, 1.82) is 0 Å². The van der Waals surface area contributed by atoms with Crippen molar-refractivity contribution < 1.29 is 4.48 Å². The minimum absolute atomic E-state index is 0. The number of rotatable bonds is 20. The van der Waals surface area contributed by atoms with Crippen molar-refractivity contribution in [3.8, 4) is 0 Å². The van der Waals surface area contributed by atoms with Gasteiger partial charge in [0.2, 0.25) is 0 Å². The van der Waals surface area contributed by atoms with Gasteiger partial charge in [-0.1, -0.05) is 104 Å². The zero-order valence-corrected chi connectivity index (χ0v) is 18.6. The van der Waals surface area contributed by atoms with E-state index in [0.29, 0.717) is 0 Å². The average molecular weight is 369 g/mol. The lowest BCUT2D eigenvalue weighted by atomic mass is 10.0. The van der Waals surface area contributed by atoms with E-state index in [0.717, 1.165) is 0 Å². The molecule has 0 aromatic rings. The first-order valence-corrected chi connectivity index (χ1v) is 11.9. The molecule has 0 heterocycles. The summed E-state index contributed by atoms with van der Waals surface area (Å²) in [6.45, 7) is 7.35. The third-order valence-electron chi connectivity index (χ3n) is 5.73. The second-order valence-corrected chi connectivity index (χ2v) is 9.04. The number of hydrogen-bond donors (Lipinski definition) is 0. The van der Waals surface area contributed by atoms with Gasteiger partial charge in [-0.3, -0.25) is 0 Å². The van der Waals surface area contributed by atoms with Crippen LogP contribution in [0.3, 0.4) is 0 Å². The van der Waals surface area contributed by atoms with Crippen LogP contribution in [0, 0.1) is 0 Å². The molecule has 0 amide bonds. The lowest BCUT2D eigenvalue weighted by Gasteiger charge is -2.30. The summed E-state index contributed by atoms with van der Waals surface area (Å²) in [5, 5.41) is 0. The Balaban J connectivity index is 0. The average Bonchev–Trinajstić information content (AvgIpc) is 2.59. The van der Waals surface area contributed by atoms with E-state index in [2.05, 4.69) is 27.9 Å². The highest BCUT2D eigenvalue weighted by Crippen LogP contribution is 2.14. The van der Waals surface area contributed by atoms with Crippen molar-refractivity contribution >= 4 is 8.41 Å². The van der Waals surface area contributed by atoms with Gasteiger partial charge in [0, 0.05) is 0 Å². The zero-order valence-electron chi connectivity index (χ0n) is 18.6. The van der Waals surface area contributed by atoms with Crippen molar-refractivity contribution in [3.63, 3.8) is 0 Å². The molecule has 0 aromatic carbocycles. The molecule has 0 fully saturated rings. The largest absolute Gasteiger partial charge is 0.328 e. The fourth-order valence-electron chi connectivity index (χ4n) is 3.81. The lowest BCUT2D eigenvalue weighted by molar-refractivity contribution is -0.890. The van der Waals surface area contributed by atoms with E-state index in [1.54, 1.807) is 0 Å². The molecule has 0 radical (unpaired) electrons. The summed E-state index contributed by atoms with van der Waals surface area (Å²) in [5.74, 6) is 0. The number of nitrogens with zero attached hydrogens (tertiary/aromatic N) is 1. The van der Waals surface area contributed by atoms with Crippen LogP contribution in [-0.2, 0) is 0 Å². The number of unbranched alkanes of at least 4 members (excludes halogenated alkanes) is 16. The van der Waals surface area contributed by atoms with Crippen molar-refractivity contribution in [2.24, 2.45) is 0 Å². The van der Waals surface area contributed by atoms with Crippen LogP contribution in [0.15, 0.2) is 0 Å². The molecule has 0 aliphatic carbocycles. The van der Waals surface area contributed by atoms with Crippen LogP contribution in [0.5, 0.6) is 0 Å². The Bertz CT molecular complexity index is 253. The van der Waals surface area contributed by atoms with Crippen LogP contribution in [-0.4, -0.2) is 40.1 Å². The monoisotopic (exact) mass is 368 g/mol. The summed E-state index contributed by atoms with van der Waals surface area (Å²) < 4.78 is 1.24. The van der Waals surface area contributed by atoms with Gasteiger partial charge in [-0.05, 0) is 25.7 Å². The smallest absolute Gasteiger partial charge is 0.0814 e. The predicted octanol–water partition coefficient (Wildman–Crippen LogP) is 6.94. The molecule has 0 rings (SSSR count). The second kappa shape index (κ2) is 21.3. The minimum Gasteiger partial charge on any atom is -0.328 e. The molecular weight excluding hydrogens is 313 g/mol. The van der Waals surface area contributed by atoms with Gasteiger partial charge in [-0.15, -0.1) is 0 Å². The molecule has 0 saturated heterocycles. The van der Waals surface area contributed by atoms with Crippen LogP contribution >= 0.6 is 0 Å². The SMILES string of the molecule is B.CCCCCCCCCCCCCCCC[N+](C)(C)CCCCCC. The predicted molar refractivity (Wildman–Crippen MR) is 126 cm³/mol. The van der Waals surface area contributed by atoms with Crippen LogP contribution < -0.4 is 0 Å². The highest BCUT2D eigenvalue weighted by molar-refractivity contribution is 5.75. The van der Waals surface area contributed by atoms with E-state index in [1.165, 1.54) is 133 Å². The van der Waals surface area contributed by atoms with Gasteiger partial charge in [-0.2, -0.15) is 0 Å². The topological polar surface area (TPSA) is 0 Å². The van der Waals surface area contributed by atoms with Crippen LogP contribution in [0.1, 0.15) is 129 Å². The molecule has 2 heteroatoms. The maximum atomic E-state index is 2.42. The molecule has 158 valence electrons. The zero-order chi connectivity index (χ0) is 18.6. The van der Waals surface area contributed by atoms with Gasteiger partial charge < -0.3 is 4.48 Å². The van der Waals surface area contributed by atoms with Gasteiger partial charge >= 0.3 is 0 Å². The van der Waals surface area contributed by atoms with E-state index in [1.807, 2.05) is 0 Å². The Morgan fingerprint density at radius 1 is 0.385 bits per heavy atom. The van der Waals surface area contributed by atoms with E-state index in [4.69, 9.17) is 0 Å². The molecule has 0 unspecified atom stereocenters. The molecule has 0 spiro atoms. The van der Waals surface area contributed by atoms with Crippen molar-refractivity contribution in [2.45, 2.75) is 129 Å². The molecule has 0 saturated carbocycles.